The molecule has 3 rings (SSSR count). The topological polar surface area (TPSA) is 71.2 Å². The van der Waals surface area contributed by atoms with Gasteiger partial charge < -0.3 is 24.0 Å². The zero-order chi connectivity index (χ0) is 21.3. The lowest BCUT2D eigenvalue weighted by Crippen LogP contribution is -2.36. The summed E-state index contributed by atoms with van der Waals surface area (Å²) in [5.41, 5.74) is 2.00. The van der Waals surface area contributed by atoms with Crippen molar-refractivity contribution >= 4 is 0 Å². The van der Waals surface area contributed by atoms with Crippen molar-refractivity contribution in [2.45, 2.75) is 51.8 Å². The van der Waals surface area contributed by atoms with Crippen LogP contribution in [0.2, 0.25) is 0 Å². The van der Waals surface area contributed by atoms with Gasteiger partial charge in [-0.1, -0.05) is 24.1 Å². The molecule has 0 radical (unpaired) electrons. The minimum Gasteiger partial charge on any atom is -0.493 e. The van der Waals surface area contributed by atoms with E-state index >= 15 is 0 Å². The highest BCUT2D eigenvalue weighted by molar-refractivity contribution is 5.43. The molecule has 166 valence electrons. The molecule has 2 heterocycles. The number of hydrogen-bond acceptors (Lipinski definition) is 7. The fourth-order valence-corrected chi connectivity index (χ4v) is 3.91. The molecule has 0 amide bonds. The fraction of sp³-hybridized carbons (Fsp3) is 0.609. The maximum Gasteiger partial charge on any atom is 0.161 e. The van der Waals surface area contributed by atoms with Gasteiger partial charge in [-0.05, 0) is 57.6 Å². The Balaban J connectivity index is 1.50. The Bertz CT molecular complexity index is 772. The number of β-amino-alcohol motifs (C(OH)–C–C–N with tert-alkyl or cyclic N) is 1. The first-order valence-electron chi connectivity index (χ1n) is 10.8. The predicted octanol–water partition coefficient (Wildman–Crippen LogP) is 3.24. The Labute approximate surface area is 179 Å². The SMILES string of the molecule is COc1cc(CN(C)Cc2cc(C)no2)ccc1OCC(O)CN1CCCCCC1. The van der Waals surface area contributed by atoms with Gasteiger partial charge in [-0.2, -0.15) is 0 Å². The van der Waals surface area contributed by atoms with Gasteiger partial charge in [-0.15, -0.1) is 0 Å². The van der Waals surface area contributed by atoms with Crippen LogP contribution >= 0.6 is 0 Å². The molecule has 1 aromatic carbocycles. The molecular formula is C23H35N3O4. The summed E-state index contributed by atoms with van der Waals surface area (Å²) in [6.45, 7) is 6.40. The number of nitrogens with zero attached hydrogens (tertiary/aromatic N) is 3. The first kappa shape index (κ1) is 22.6. The quantitative estimate of drug-likeness (QED) is 0.636. The molecule has 1 aromatic heterocycles. The lowest BCUT2D eigenvalue weighted by atomic mass is 10.2. The average Bonchev–Trinajstić information content (AvgIpc) is 2.96. The molecule has 0 bridgehead atoms. The predicted molar refractivity (Wildman–Crippen MR) is 116 cm³/mol. The lowest BCUT2D eigenvalue weighted by Gasteiger charge is -2.23. The third-order valence-corrected chi connectivity index (χ3v) is 5.38. The highest BCUT2D eigenvalue weighted by Crippen LogP contribution is 2.29. The molecule has 0 spiro atoms. The van der Waals surface area contributed by atoms with Crippen LogP contribution in [0.4, 0.5) is 0 Å². The molecular weight excluding hydrogens is 382 g/mol. The van der Waals surface area contributed by atoms with Crippen molar-refractivity contribution in [3.05, 3.63) is 41.3 Å². The van der Waals surface area contributed by atoms with Crippen LogP contribution in [0.15, 0.2) is 28.8 Å². The van der Waals surface area contributed by atoms with Crippen LogP contribution < -0.4 is 9.47 Å². The van der Waals surface area contributed by atoms with Crippen molar-refractivity contribution in [3.63, 3.8) is 0 Å². The second kappa shape index (κ2) is 11.3. The van der Waals surface area contributed by atoms with Gasteiger partial charge in [0.2, 0.25) is 0 Å². The largest absolute Gasteiger partial charge is 0.493 e. The molecule has 7 nitrogen and oxygen atoms in total. The third kappa shape index (κ3) is 7.00. The van der Waals surface area contributed by atoms with E-state index in [0.29, 0.717) is 24.6 Å². The number of aromatic nitrogens is 1. The van der Waals surface area contributed by atoms with Crippen molar-refractivity contribution in [1.82, 2.24) is 15.0 Å². The second-order valence-corrected chi connectivity index (χ2v) is 8.27. The molecule has 1 aliphatic rings. The Morgan fingerprint density at radius 3 is 2.57 bits per heavy atom. The summed E-state index contributed by atoms with van der Waals surface area (Å²) < 4.78 is 16.7. The second-order valence-electron chi connectivity index (χ2n) is 8.27. The monoisotopic (exact) mass is 417 g/mol. The van der Waals surface area contributed by atoms with E-state index in [1.54, 1.807) is 7.11 Å². The van der Waals surface area contributed by atoms with E-state index in [1.807, 2.05) is 38.2 Å². The number of hydrogen-bond donors (Lipinski definition) is 1. The van der Waals surface area contributed by atoms with Gasteiger partial charge in [0.15, 0.2) is 17.3 Å². The van der Waals surface area contributed by atoms with E-state index in [4.69, 9.17) is 14.0 Å². The molecule has 1 atom stereocenters. The molecule has 0 saturated carbocycles. The zero-order valence-corrected chi connectivity index (χ0v) is 18.5. The summed E-state index contributed by atoms with van der Waals surface area (Å²) in [7, 11) is 3.68. The van der Waals surface area contributed by atoms with Gasteiger partial charge in [-0.25, -0.2) is 0 Å². The lowest BCUT2D eigenvalue weighted by molar-refractivity contribution is 0.0683. The smallest absolute Gasteiger partial charge is 0.161 e. The van der Waals surface area contributed by atoms with Crippen LogP contribution in [0.1, 0.15) is 42.7 Å². The number of benzene rings is 1. The molecule has 1 aliphatic heterocycles. The first-order chi connectivity index (χ1) is 14.5. The summed E-state index contributed by atoms with van der Waals surface area (Å²) in [4.78, 5) is 4.49. The fourth-order valence-electron chi connectivity index (χ4n) is 3.91. The molecule has 7 heteroatoms. The molecule has 30 heavy (non-hydrogen) atoms. The van der Waals surface area contributed by atoms with Crippen LogP contribution in [0.25, 0.3) is 0 Å². The van der Waals surface area contributed by atoms with Crippen LogP contribution in [-0.2, 0) is 13.1 Å². The first-order valence-corrected chi connectivity index (χ1v) is 10.8. The summed E-state index contributed by atoms with van der Waals surface area (Å²) in [6, 6.07) is 7.88. The molecule has 1 unspecified atom stereocenters. The summed E-state index contributed by atoms with van der Waals surface area (Å²) in [6.07, 6.45) is 4.50. The molecule has 0 aliphatic carbocycles. The zero-order valence-electron chi connectivity index (χ0n) is 18.5. The minimum absolute atomic E-state index is 0.261. The van der Waals surface area contributed by atoms with Crippen molar-refractivity contribution in [2.24, 2.45) is 0 Å². The van der Waals surface area contributed by atoms with E-state index in [-0.39, 0.29) is 6.61 Å². The highest BCUT2D eigenvalue weighted by Gasteiger charge is 2.16. The van der Waals surface area contributed by atoms with E-state index < -0.39 is 6.10 Å². The summed E-state index contributed by atoms with van der Waals surface area (Å²) in [5.74, 6) is 2.18. The van der Waals surface area contributed by atoms with Crippen molar-refractivity contribution < 1.29 is 19.1 Å². The van der Waals surface area contributed by atoms with Gasteiger partial charge in [0.1, 0.15) is 12.7 Å². The van der Waals surface area contributed by atoms with E-state index in [9.17, 15) is 5.11 Å². The van der Waals surface area contributed by atoms with E-state index in [2.05, 4.69) is 15.0 Å². The van der Waals surface area contributed by atoms with Gasteiger partial charge in [0.25, 0.3) is 0 Å². The minimum atomic E-state index is -0.510. The van der Waals surface area contributed by atoms with Crippen molar-refractivity contribution in [2.75, 3.05) is 40.4 Å². The number of methoxy groups -OCH3 is 1. The number of likely N-dealkylation sites (tertiary alicyclic amines) is 1. The third-order valence-electron chi connectivity index (χ3n) is 5.38. The van der Waals surface area contributed by atoms with Crippen LogP contribution in [0, 0.1) is 6.92 Å². The Hall–Kier alpha value is -2.09. The molecule has 1 N–H and O–H groups in total. The van der Waals surface area contributed by atoms with Crippen LogP contribution in [0.5, 0.6) is 11.5 Å². The van der Waals surface area contributed by atoms with Crippen molar-refractivity contribution in [1.29, 1.82) is 0 Å². The Morgan fingerprint density at radius 1 is 1.13 bits per heavy atom. The number of aliphatic hydroxyl groups excluding tert-OH is 1. The standard InChI is InChI=1S/C23H35N3O4/c1-18-12-21(30-24-18)16-25(2)14-19-8-9-22(23(13-19)28-3)29-17-20(27)15-26-10-6-4-5-7-11-26/h8-9,12-13,20,27H,4-7,10-11,14-17H2,1-3H3. The van der Waals surface area contributed by atoms with Gasteiger partial charge in [-0.3, -0.25) is 4.90 Å². The van der Waals surface area contributed by atoms with Gasteiger partial charge in [0.05, 0.1) is 19.3 Å². The van der Waals surface area contributed by atoms with Crippen LogP contribution in [-0.4, -0.2) is 66.6 Å². The van der Waals surface area contributed by atoms with Gasteiger partial charge >= 0.3 is 0 Å². The maximum absolute atomic E-state index is 10.4. The Morgan fingerprint density at radius 2 is 1.90 bits per heavy atom. The average molecular weight is 418 g/mol. The molecule has 1 saturated heterocycles. The van der Waals surface area contributed by atoms with Gasteiger partial charge in [0, 0.05) is 19.2 Å². The van der Waals surface area contributed by atoms with Crippen LogP contribution in [0.3, 0.4) is 0 Å². The normalized spacial score (nSPS) is 16.4. The van der Waals surface area contributed by atoms with Crippen molar-refractivity contribution in [3.8, 4) is 11.5 Å². The number of ether oxygens (including phenoxy) is 2. The number of aliphatic hydroxyl groups is 1. The number of rotatable bonds is 10. The molecule has 2 aromatic rings. The number of aryl methyl sites for hydroxylation is 1. The summed E-state index contributed by atoms with van der Waals surface area (Å²) in [5, 5.41) is 14.3. The van der Waals surface area contributed by atoms with E-state index in [1.165, 1.54) is 25.7 Å². The molecule has 1 fully saturated rings. The van der Waals surface area contributed by atoms with E-state index in [0.717, 1.165) is 36.7 Å². The highest BCUT2D eigenvalue weighted by atomic mass is 16.5. The maximum atomic E-state index is 10.4. The summed E-state index contributed by atoms with van der Waals surface area (Å²) >= 11 is 0. The Kier molecular flexibility index (Phi) is 8.54.